The molecule has 0 spiro atoms. The molecule has 0 unspecified atom stereocenters. The van der Waals surface area contributed by atoms with Crippen LogP contribution in [0.3, 0.4) is 0 Å². The SMILES string of the molecule is COc1ccc(S(=O)(=O)NCCn2cc(C(=O)Nc3ccccc3OC)nn2)cc1. The summed E-state index contributed by atoms with van der Waals surface area (Å²) in [5, 5.41) is 10.4. The molecule has 2 N–H and O–H groups in total. The molecule has 10 nitrogen and oxygen atoms in total. The lowest BCUT2D eigenvalue weighted by Crippen LogP contribution is -2.27. The van der Waals surface area contributed by atoms with E-state index >= 15 is 0 Å². The second kappa shape index (κ2) is 9.37. The molecule has 1 heterocycles. The predicted octanol–water partition coefficient (Wildman–Crippen LogP) is 1.53. The molecule has 2 aromatic carbocycles. The van der Waals surface area contributed by atoms with Crippen molar-refractivity contribution in [3.8, 4) is 11.5 Å². The first kappa shape index (κ1) is 21.3. The van der Waals surface area contributed by atoms with Crippen molar-refractivity contribution >= 4 is 21.6 Å². The molecule has 1 aromatic heterocycles. The summed E-state index contributed by atoms with van der Waals surface area (Å²) in [6.07, 6.45) is 1.44. The summed E-state index contributed by atoms with van der Waals surface area (Å²) in [6.45, 7) is 0.273. The fourth-order valence-corrected chi connectivity index (χ4v) is 3.60. The van der Waals surface area contributed by atoms with Crippen molar-refractivity contribution in [2.24, 2.45) is 0 Å². The van der Waals surface area contributed by atoms with Gasteiger partial charge in [0.25, 0.3) is 5.91 Å². The first-order chi connectivity index (χ1) is 14.4. The molecular weight excluding hydrogens is 410 g/mol. The highest BCUT2D eigenvalue weighted by Crippen LogP contribution is 2.23. The van der Waals surface area contributed by atoms with E-state index in [-0.39, 0.29) is 23.7 Å². The molecule has 1 amide bonds. The second-order valence-electron chi connectivity index (χ2n) is 6.09. The van der Waals surface area contributed by atoms with E-state index < -0.39 is 15.9 Å². The number of ether oxygens (including phenoxy) is 2. The Balaban J connectivity index is 1.56. The average Bonchev–Trinajstić information content (AvgIpc) is 3.23. The number of sulfonamides is 1. The first-order valence-corrected chi connectivity index (χ1v) is 10.4. The van der Waals surface area contributed by atoms with E-state index in [4.69, 9.17) is 9.47 Å². The van der Waals surface area contributed by atoms with E-state index in [2.05, 4.69) is 20.4 Å². The zero-order valence-corrected chi connectivity index (χ0v) is 17.2. The molecule has 0 saturated heterocycles. The van der Waals surface area contributed by atoms with Crippen LogP contribution in [0, 0.1) is 0 Å². The van der Waals surface area contributed by atoms with E-state index in [9.17, 15) is 13.2 Å². The van der Waals surface area contributed by atoms with Gasteiger partial charge in [0.15, 0.2) is 5.69 Å². The summed E-state index contributed by atoms with van der Waals surface area (Å²) >= 11 is 0. The Morgan fingerprint density at radius 1 is 1.07 bits per heavy atom. The van der Waals surface area contributed by atoms with Crippen LogP contribution < -0.4 is 19.5 Å². The standard InChI is InChI=1S/C19H21N5O5S/c1-28-14-7-9-15(10-8-14)30(26,27)20-11-12-24-13-17(22-23-24)19(25)21-16-5-3-4-6-18(16)29-2/h3-10,13,20H,11-12H2,1-2H3,(H,21,25). The van der Waals surface area contributed by atoms with Crippen LogP contribution in [0.25, 0.3) is 0 Å². The van der Waals surface area contributed by atoms with Gasteiger partial charge in [-0.1, -0.05) is 17.3 Å². The molecule has 0 aliphatic rings. The Hall–Kier alpha value is -3.44. The molecule has 0 bridgehead atoms. The fourth-order valence-electron chi connectivity index (χ4n) is 2.58. The molecule has 0 aliphatic carbocycles. The number of anilines is 1. The Labute approximate surface area is 173 Å². The van der Waals surface area contributed by atoms with Gasteiger partial charge in [-0.15, -0.1) is 5.10 Å². The number of carbonyl (C=O) groups excluding carboxylic acids is 1. The quantitative estimate of drug-likeness (QED) is 0.526. The van der Waals surface area contributed by atoms with Crippen LogP contribution in [0.2, 0.25) is 0 Å². The predicted molar refractivity (Wildman–Crippen MR) is 109 cm³/mol. The maximum Gasteiger partial charge on any atom is 0.277 e. The van der Waals surface area contributed by atoms with Crippen molar-refractivity contribution in [3.05, 3.63) is 60.4 Å². The molecule has 11 heteroatoms. The number of hydrogen-bond acceptors (Lipinski definition) is 7. The average molecular weight is 431 g/mol. The Morgan fingerprint density at radius 2 is 1.80 bits per heavy atom. The highest BCUT2D eigenvalue weighted by molar-refractivity contribution is 7.89. The van der Waals surface area contributed by atoms with E-state index in [0.717, 1.165) is 0 Å². The van der Waals surface area contributed by atoms with Crippen LogP contribution in [-0.4, -0.2) is 50.1 Å². The molecule has 0 fully saturated rings. The van der Waals surface area contributed by atoms with Gasteiger partial charge in [-0.2, -0.15) is 0 Å². The monoisotopic (exact) mass is 431 g/mol. The highest BCUT2D eigenvalue weighted by atomic mass is 32.2. The third-order valence-electron chi connectivity index (χ3n) is 4.13. The van der Waals surface area contributed by atoms with Crippen LogP contribution in [0.1, 0.15) is 10.5 Å². The van der Waals surface area contributed by atoms with E-state index in [1.807, 2.05) is 0 Å². The number of methoxy groups -OCH3 is 2. The summed E-state index contributed by atoms with van der Waals surface area (Å²) in [6, 6.07) is 13.0. The number of amides is 1. The van der Waals surface area contributed by atoms with E-state index in [1.54, 1.807) is 36.4 Å². The number of hydrogen-bond donors (Lipinski definition) is 2. The zero-order chi connectivity index (χ0) is 21.6. The summed E-state index contributed by atoms with van der Waals surface area (Å²) < 4.78 is 38.7. The van der Waals surface area contributed by atoms with Gasteiger partial charge in [0.05, 0.1) is 37.5 Å². The van der Waals surface area contributed by atoms with Gasteiger partial charge in [-0.25, -0.2) is 13.1 Å². The lowest BCUT2D eigenvalue weighted by molar-refractivity contribution is 0.102. The van der Waals surface area contributed by atoms with Gasteiger partial charge >= 0.3 is 0 Å². The number of para-hydroxylation sites is 2. The summed E-state index contributed by atoms with van der Waals surface area (Å²) in [5.74, 6) is 0.631. The fraction of sp³-hybridized carbons (Fsp3) is 0.211. The van der Waals surface area contributed by atoms with Gasteiger partial charge in [-0.3, -0.25) is 9.48 Å². The number of nitrogens with one attached hydrogen (secondary N) is 2. The second-order valence-corrected chi connectivity index (χ2v) is 7.86. The minimum Gasteiger partial charge on any atom is -0.497 e. The molecule has 3 rings (SSSR count). The first-order valence-electron chi connectivity index (χ1n) is 8.91. The molecule has 3 aromatic rings. The molecular formula is C19H21N5O5S. The Kier molecular flexibility index (Phi) is 6.65. The number of rotatable bonds is 9. The number of aromatic nitrogens is 3. The largest absolute Gasteiger partial charge is 0.497 e. The Bertz CT molecular complexity index is 1110. The molecule has 0 atom stereocenters. The van der Waals surface area contributed by atoms with Crippen LogP contribution in [-0.2, 0) is 16.6 Å². The van der Waals surface area contributed by atoms with Gasteiger partial charge in [0.2, 0.25) is 10.0 Å². The van der Waals surface area contributed by atoms with Crippen molar-refractivity contribution in [1.82, 2.24) is 19.7 Å². The van der Waals surface area contributed by atoms with Gasteiger partial charge < -0.3 is 14.8 Å². The van der Waals surface area contributed by atoms with E-state index in [1.165, 1.54) is 37.2 Å². The summed E-state index contributed by atoms with van der Waals surface area (Å²) in [5.41, 5.74) is 0.603. The third kappa shape index (κ3) is 5.13. The van der Waals surface area contributed by atoms with Crippen LogP contribution in [0.15, 0.2) is 59.6 Å². The Morgan fingerprint density at radius 3 is 2.50 bits per heavy atom. The van der Waals surface area contributed by atoms with Gasteiger partial charge in [0.1, 0.15) is 11.5 Å². The lowest BCUT2D eigenvalue weighted by Gasteiger charge is -2.08. The molecule has 158 valence electrons. The maximum atomic E-state index is 12.4. The van der Waals surface area contributed by atoms with Crippen molar-refractivity contribution in [2.45, 2.75) is 11.4 Å². The van der Waals surface area contributed by atoms with Crippen molar-refractivity contribution < 1.29 is 22.7 Å². The topological polar surface area (TPSA) is 124 Å². The van der Waals surface area contributed by atoms with Crippen molar-refractivity contribution in [1.29, 1.82) is 0 Å². The minimum absolute atomic E-state index is 0.0747. The molecule has 30 heavy (non-hydrogen) atoms. The molecule has 0 saturated carbocycles. The number of nitrogens with zero attached hydrogens (tertiary/aromatic N) is 3. The third-order valence-corrected chi connectivity index (χ3v) is 5.61. The molecule has 0 aliphatic heterocycles. The van der Waals surface area contributed by atoms with Crippen LogP contribution >= 0.6 is 0 Å². The zero-order valence-electron chi connectivity index (χ0n) is 16.4. The van der Waals surface area contributed by atoms with E-state index in [0.29, 0.717) is 17.2 Å². The van der Waals surface area contributed by atoms with Gasteiger partial charge in [0, 0.05) is 6.54 Å². The summed E-state index contributed by atoms with van der Waals surface area (Å²) in [4.78, 5) is 12.5. The van der Waals surface area contributed by atoms with Crippen molar-refractivity contribution in [3.63, 3.8) is 0 Å². The lowest BCUT2D eigenvalue weighted by atomic mass is 10.3. The van der Waals surface area contributed by atoms with Crippen LogP contribution in [0.5, 0.6) is 11.5 Å². The smallest absolute Gasteiger partial charge is 0.277 e. The number of benzene rings is 2. The normalized spacial score (nSPS) is 11.1. The number of carbonyl (C=O) groups is 1. The molecule has 0 radical (unpaired) electrons. The maximum absolute atomic E-state index is 12.4. The van der Waals surface area contributed by atoms with Crippen LogP contribution in [0.4, 0.5) is 5.69 Å². The minimum atomic E-state index is -3.67. The highest BCUT2D eigenvalue weighted by Gasteiger charge is 2.15. The van der Waals surface area contributed by atoms with Gasteiger partial charge in [-0.05, 0) is 36.4 Å². The van der Waals surface area contributed by atoms with Crippen molar-refractivity contribution in [2.75, 3.05) is 26.1 Å². The summed E-state index contributed by atoms with van der Waals surface area (Å²) in [7, 11) is -0.661.